The third-order valence-corrected chi connectivity index (χ3v) is 7.90. The highest BCUT2D eigenvalue weighted by molar-refractivity contribution is 5.92. The smallest absolute Gasteiger partial charge is 0.338 e. The number of benzene rings is 2. The van der Waals surface area contributed by atoms with Gasteiger partial charge in [-0.15, -0.1) is 0 Å². The molecule has 226 valence electrons. The van der Waals surface area contributed by atoms with Crippen LogP contribution in [0.2, 0.25) is 0 Å². The molecule has 1 aliphatic carbocycles. The quantitative estimate of drug-likeness (QED) is 0.0715. The van der Waals surface area contributed by atoms with Gasteiger partial charge in [-0.25, -0.2) is 9.59 Å². The second-order valence-electron chi connectivity index (χ2n) is 11.2. The van der Waals surface area contributed by atoms with E-state index in [2.05, 4.69) is 17.6 Å². The van der Waals surface area contributed by atoms with Crippen molar-refractivity contribution in [2.24, 2.45) is 5.92 Å². The molecule has 2 aromatic rings. The van der Waals surface area contributed by atoms with Crippen LogP contribution in [0.5, 0.6) is 0 Å². The summed E-state index contributed by atoms with van der Waals surface area (Å²) in [5.41, 5.74) is 16.2. The van der Waals surface area contributed by atoms with E-state index in [1.807, 2.05) is 12.1 Å². The van der Waals surface area contributed by atoms with Crippen molar-refractivity contribution >= 4 is 34.7 Å². The van der Waals surface area contributed by atoms with Gasteiger partial charge in [0.25, 0.3) is 0 Å². The van der Waals surface area contributed by atoms with Gasteiger partial charge in [0.1, 0.15) is 0 Å². The molecule has 8 nitrogen and oxygen atoms in total. The predicted octanol–water partition coefficient (Wildman–Crippen LogP) is 7.41. The first-order chi connectivity index (χ1) is 19.9. The SMILES string of the molecule is CCCCCCCCNc1ccc(C(=O)OCCC2CCCC(Nc3ccc(C(=O)OCC)cc3N)CC2)cc1N. The third-order valence-electron chi connectivity index (χ3n) is 7.90. The number of nitrogens with two attached hydrogens (primary N) is 2. The Morgan fingerprint density at radius 2 is 1.46 bits per heavy atom. The summed E-state index contributed by atoms with van der Waals surface area (Å²) in [5, 5.41) is 6.95. The fourth-order valence-corrected chi connectivity index (χ4v) is 5.45. The van der Waals surface area contributed by atoms with Crippen LogP contribution in [0, 0.1) is 5.92 Å². The highest BCUT2D eigenvalue weighted by Crippen LogP contribution is 2.30. The molecule has 1 saturated carbocycles. The van der Waals surface area contributed by atoms with Crippen molar-refractivity contribution in [3.63, 3.8) is 0 Å². The van der Waals surface area contributed by atoms with E-state index < -0.39 is 0 Å². The Morgan fingerprint density at radius 3 is 2.15 bits per heavy atom. The zero-order chi connectivity index (χ0) is 29.5. The van der Waals surface area contributed by atoms with Crippen LogP contribution in [0.3, 0.4) is 0 Å². The lowest BCUT2D eigenvalue weighted by Gasteiger charge is -2.20. The summed E-state index contributed by atoms with van der Waals surface area (Å²) in [4.78, 5) is 24.6. The number of hydrogen-bond donors (Lipinski definition) is 4. The summed E-state index contributed by atoms with van der Waals surface area (Å²) in [6.07, 6.45) is 13.7. The summed E-state index contributed by atoms with van der Waals surface area (Å²) < 4.78 is 10.7. The van der Waals surface area contributed by atoms with Gasteiger partial charge >= 0.3 is 11.9 Å². The molecule has 8 heteroatoms. The Balaban J connectivity index is 1.37. The number of carbonyl (C=O) groups excluding carboxylic acids is 2. The van der Waals surface area contributed by atoms with E-state index in [9.17, 15) is 9.59 Å². The van der Waals surface area contributed by atoms with Crippen molar-refractivity contribution in [1.82, 2.24) is 0 Å². The first-order valence-corrected chi connectivity index (χ1v) is 15.5. The van der Waals surface area contributed by atoms with E-state index in [1.165, 1.54) is 32.1 Å². The van der Waals surface area contributed by atoms with Gasteiger partial charge in [0.05, 0.1) is 47.1 Å². The Labute approximate surface area is 245 Å². The molecule has 41 heavy (non-hydrogen) atoms. The molecule has 0 amide bonds. The van der Waals surface area contributed by atoms with Crippen LogP contribution < -0.4 is 22.1 Å². The number of nitrogens with one attached hydrogen (secondary N) is 2. The molecule has 0 aromatic heterocycles. The number of carbonyl (C=O) groups is 2. The molecular weight excluding hydrogens is 516 g/mol. The van der Waals surface area contributed by atoms with Crippen molar-refractivity contribution in [1.29, 1.82) is 0 Å². The highest BCUT2D eigenvalue weighted by atomic mass is 16.5. The number of nitrogen functional groups attached to an aromatic ring is 2. The maximum absolute atomic E-state index is 12.6. The van der Waals surface area contributed by atoms with Crippen LogP contribution in [-0.2, 0) is 9.47 Å². The van der Waals surface area contributed by atoms with Gasteiger partial charge in [0, 0.05) is 12.6 Å². The van der Waals surface area contributed by atoms with E-state index in [0.717, 1.165) is 62.9 Å². The fourth-order valence-electron chi connectivity index (χ4n) is 5.45. The number of esters is 2. The minimum atomic E-state index is -0.361. The first-order valence-electron chi connectivity index (χ1n) is 15.5. The van der Waals surface area contributed by atoms with Crippen LogP contribution in [0.1, 0.15) is 112 Å². The van der Waals surface area contributed by atoms with E-state index in [4.69, 9.17) is 20.9 Å². The van der Waals surface area contributed by atoms with Gasteiger partial charge in [0.2, 0.25) is 0 Å². The van der Waals surface area contributed by atoms with Gasteiger partial charge in [-0.05, 0) is 81.3 Å². The molecule has 0 bridgehead atoms. The minimum Gasteiger partial charge on any atom is -0.462 e. The van der Waals surface area contributed by atoms with Gasteiger partial charge in [-0.3, -0.25) is 0 Å². The molecule has 2 atom stereocenters. The molecule has 2 unspecified atom stereocenters. The highest BCUT2D eigenvalue weighted by Gasteiger charge is 2.20. The molecule has 0 spiro atoms. The minimum absolute atomic E-state index is 0.314. The van der Waals surface area contributed by atoms with Gasteiger partial charge in [-0.2, -0.15) is 0 Å². The van der Waals surface area contributed by atoms with E-state index in [0.29, 0.717) is 47.7 Å². The zero-order valence-corrected chi connectivity index (χ0v) is 25.0. The molecule has 3 rings (SSSR count). The summed E-state index contributed by atoms with van der Waals surface area (Å²) in [6, 6.07) is 11.0. The molecular formula is C33H50N4O4. The van der Waals surface area contributed by atoms with Gasteiger partial charge in [0.15, 0.2) is 0 Å². The Bertz CT molecular complexity index is 1110. The average Bonchev–Trinajstić information content (AvgIpc) is 3.19. The van der Waals surface area contributed by atoms with Crippen molar-refractivity contribution in [3.05, 3.63) is 47.5 Å². The lowest BCUT2D eigenvalue weighted by molar-refractivity contribution is 0.0477. The van der Waals surface area contributed by atoms with Gasteiger partial charge in [-0.1, -0.05) is 51.9 Å². The molecule has 6 N–H and O–H groups in total. The van der Waals surface area contributed by atoms with E-state index in [-0.39, 0.29) is 11.9 Å². The number of unbranched alkanes of at least 4 members (excludes halogenated alkanes) is 5. The van der Waals surface area contributed by atoms with E-state index in [1.54, 1.807) is 31.2 Å². The third kappa shape index (κ3) is 10.8. The van der Waals surface area contributed by atoms with Crippen LogP contribution in [-0.4, -0.2) is 37.7 Å². The van der Waals surface area contributed by atoms with Gasteiger partial charge < -0.3 is 31.6 Å². The average molecular weight is 567 g/mol. The van der Waals surface area contributed by atoms with Crippen LogP contribution in [0.25, 0.3) is 0 Å². The monoisotopic (exact) mass is 566 g/mol. The largest absolute Gasteiger partial charge is 0.462 e. The predicted molar refractivity (Wildman–Crippen MR) is 168 cm³/mol. The number of hydrogen-bond acceptors (Lipinski definition) is 8. The topological polar surface area (TPSA) is 129 Å². The lowest BCUT2D eigenvalue weighted by atomic mass is 9.97. The standard InChI is InChI=1S/C33H50N4O4/c1-3-5-6-7-8-9-20-36-30-17-14-26(22-28(30)34)33(39)41-21-19-24-11-10-12-27(16-13-24)37-31-18-15-25(23-29(31)35)32(38)40-4-2/h14-15,17-18,22-24,27,36-37H,3-13,16,19-21,34-35H2,1-2H3. The van der Waals surface area contributed by atoms with Crippen LogP contribution in [0.4, 0.5) is 22.7 Å². The van der Waals surface area contributed by atoms with Crippen molar-refractivity contribution in [3.8, 4) is 0 Å². The van der Waals surface area contributed by atoms with Crippen LogP contribution in [0.15, 0.2) is 36.4 Å². The Hall–Kier alpha value is -3.42. The summed E-state index contributed by atoms with van der Waals surface area (Å²) in [6.45, 7) is 5.63. The lowest BCUT2D eigenvalue weighted by Crippen LogP contribution is -2.19. The summed E-state index contributed by atoms with van der Waals surface area (Å²) >= 11 is 0. The molecule has 0 aliphatic heterocycles. The molecule has 0 heterocycles. The van der Waals surface area contributed by atoms with Crippen molar-refractivity contribution in [2.75, 3.05) is 41.9 Å². The summed E-state index contributed by atoms with van der Waals surface area (Å²) in [7, 11) is 0. The fraction of sp³-hybridized carbons (Fsp3) is 0.576. The second-order valence-corrected chi connectivity index (χ2v) is 11.2. The maximum Gasteiger partial charge on any atom is 0.338 e. The zero-order valence-electron chi connectivity index (χ0n) is 25.0. The molecule has 2 aromatic carbocycles. The Kier molecular flexibility index (Phi) is 13.6. The first kappa shape index (κ1) is 32.1. The van der Waals surface area contributed by atoms with Crippen molar-refractivity contribution < 1.29 is 19.1 Å². The van der Waals surface area contributed by atoms with Crippen LogP contribution >= 0.6 is 0 Å². The molecule has 1 aliphatic rings. The van der Waals surface area contributed by atoms with Crippen molar-refractivity contribution in [2.45, 2.75) is 96.9 Å². The second kappa shape index (κ2) is 17.4. The summed E-state index contributed by atoms with van der Waals surface area (Å²) in [5.74, 6) is -0.175. The number of rotatable bonds is 16. The number of anilines is 4. The normalized spacial score (nSPS) is 16.9. The Morgan fingerprint density at radius 1 is 0.805 bits per heavy atom. The number of ether oxygens (including phenoxy) is 2. The maximum atomic E-state index is 12.6. The molecule has 0 saturated heterocycles. The van der Waals surface area contributed by atoms with E-state index >= 15 is 0 Å². The molecule has 1 fully saturated rings. The molecule has 0 radical (unpaired) electrons.